The van der Waals surface area contributed by atoms with Gasteiger partial charge in [0.15, 0.2) is 0 Å². The van der Waals surface area contributed by atoms with Gasteiger partial charge in [-0.3, -0.25) is 9.59 Å². The Morgan fingerprint density at radius 1 is 1.38 bits per heavy atom. The second-order valence-corrected chi connectivity index (χ2v) is 3.72. The second kappa shape index (κ2) is 4.40. The Morgan fingerprint density at radius 2 is 2.00 bits per heavy atom. The van der Waals surface area contributed by atoms with Gasteiger partial charge in [0.05, 0.1) is 6.61 Å². The molecule has 0 unspecified atom stereocenters. The minimum Gasteiger partial charge on any atom is -0.466 e. The van der Waals surface area contributed by atoms with Gasteiger partial charge < -0.3 is 4.74 Å². The monoisotopic (exact) mass is 184 g/mol. The molecule has 1 saturated carbocycles. The largest absolute Gasteiger partial charge is 0.466 e. The fourth-order valence-electron chi connectivity index (χ4n) is 1.66. The summed E-state index contributed by atoms with van der Waals surface area (Å²) in [6.07, 6.45) is 1.85. The molecule has 0 atom stereocenters. The number of Topliss-reactive ketones (excluding diaryl/α,β-unsaturated/α-hetero) is 1. The molecule has 0 radical (unpaired) electrons. The van der Waals surface area contributed by atoms with E-state index in [0.717, 1.165) is 12.8 Å². The summed E-state index contributed by atoms with van der Waals surface area (Å²) in [5.41, 5.74) is 0. The van der Waals surface area contributed by atoms with E-state index >= 15 is 0 Å². The molecule has 1 fully saturated rings. The molecule has 0 spiro atoms. The summed E-state index contributed by atoms with van der Waals surface area (Å²) in [7, 11) is 0. The summed E-state index contributed by atoms with van der Waals surface area (Å²) in [6, 6.07) is 0. The first-order chi connectivity index (χ1) is 6.13. The molecule has 1 rings (SSSR count). The molecular weight excluding hydrogens is 168 g/mol. The average Bonchev–Trinajstić information content (AvgIpc) is 1.99. The van der Waals surface area contributed by atoms with Gasteiger partial charge in [-0.15, -0.1) is 0 Å². The molecule has 3 nitrogen and oxygen atoms in total. The van der Waals surface area contributed by atoms with Gasteiger partial charge in [-0.05, 0) is 25.7 Å². The van der Waals surface area contributed by atoms with Crippen molar-refractivity contribution in [2.75, 3.05) is 6.61 Å². The van der Waals surface area contributed by atoms with E-state index in [1.165, 1.54) is 0 Å². The Balaban J connectivity index is 2.21. The van der Waals surface area contributed by atoms with Crippen LogP contribution in [0.25, 0.3) is 0 Å². The van der Waals surface area contributed by atoms with Gasteiger partial charge in [-0.1, -0.05) is 6.92 Å². The first-order valence-corrected chi connectivity index (χ1v) is 4.81. The number of carbonyl (C=O) groups is 2. The molecule has 0 heterocycles. The van der Waals surface area contributed by atoms with Crippen molar-refractivity contribution in [1.82, 2.24) is 0 Å². The van der Waals surface area contributed by atoms with E-state index in [1.807, 2.05) is 0 Å². The zero-order valence-electron chi connectivity index (χ0n) is 8.21. The van der Waals surface area contributed by atoms with Crippen LogP contribution in [0.4, 0.5) is 0 Å². The zero-order valence-corrected chi connectivity index (χ0v) is 8.21. The maximum absolute atomic E-state index is 11.4. The summed E-state index contributed by atoms with van der Waals surface area (Å²) in [4.78, 5) is 22.3. The lowest BCUT2D eigenvalue weighted by molar-refractivity contribution is -0.147. The van der Waals surface area contributed by atoms with Crippen molar-refractivity contribution >= 4 is 11.8 Å². The van der Waals surface area contributed by atoms with Crippen molar-refractivity contribution in [3.8, 4) is 0 Å². The molecule has 0 aliphatic heterocycles. The van der Waals surface area contributed by atoms with Crippen LogP contribution in [0.3, 0.4) is 0 Å². The number of carbonyl (C=O) groups excluding carboxylic acids is 2. The van der Waals surface area contributed by atoms with Gasteiger partial charge in [0.25, 0.3) is 0 Å². The summed E-state index contributed by atoms with van der Waals surface area (Å²) < 4.78 is 4.70. The summed E-state index contributed by atoms with van der Waals surface area (Å²) >= 11 is 0. The topological polar surface area (TPSA) is 43.4 Å². The molecular formula is C10H16O3. The van der Waals surface area contributed by atoms with Crippen LogP contribution in [0, 0.1) is 11.8 Å². The number of ether oxygens (including phenoxy) is 1. The molecule has 0 saturated heterocycles. The lowest BCUT2D eigenvalue weighted by Crippen LogP contribution is -2.30. The van der Waals surface area contributed by atoms with Gasteiger partial charge in [0.2, 0.25) is 0 Å². The fraction of sp³-hybridized carbons (Fsp3) is 0.800. The van der Waals surface area contributed by atoms with E-state index in [4.69, 9.17) is 4.74 Å². The Labute approximate surface area is 78.5 Å². The molecule has 13 heavy (non-hydrogen) atoms. The lowest BCUT2D eigenvalue weighted by Gasteiger charge is -2.30. The highest BCUT2D eigenvalue weighted by Gasteiger charge is 2.32. The quantitative estimate of drug-likeness (QED) is 0.492. The number of ketones is 1. The average molecular weight is 184 g/mol. The maximum atomic E-state index is 11.4. The van der Waals surface area contributed by atoms with E-state index in [-0.39, 0.29) is 24.1 Å². The van der Waals surface area contributed by atoms with Crippen LogP contribution in [0.15, 0.2) is 0 Å². The third kappa shape index (κ3) is 2.83. The standard InChI is InChI=1S/C10H16O3/c1-3-13-10(12)6-9(11)8-4-7(2)5-8/h7-8H,3-6H2,1-2H3. The summed E-state index contributed by atoms with van der Waals surface area (Å²) in [5, 5.41) is 0. The Morgan fingerprint density at radius 3 is 2.46 bits per heavy atom. The van der Waals surface area contributed by atoms with Crippen molar-refractivity contribution in [3.63, 3.8) is 0 Å². The van der Waals surface area contributed by atoms with E-state index in [1.54, 1.807) is 6.92 Å². The van der Waals surface area contributed by atoms with Crippen LogP contribution in [0.2, 0.25) is 0 Å². The molecule has 0 aromatic rings. The van der Waals surface area contributed by atoms with E-state index in [0.29, 0.717) is 12.5 Å². The second-order valence-electron chi connectivity index (χ2n) is 3.72. The molecule has 3 heteroatoms. The van der Waals surface area contributed by atoms with Crippen molar-refractivity contribution < 1.29 is 14.3 Å². The molecule has 0 bridgehead atoms. The van der Waals surface area contributed by atoms with Crippen molar-refractivity contribution in [1.29, 1.82) is 0 Å². The van der Waals surface area contributed by atoms with Crippen LogP contribution in [0.5, 0.6) is 0 Å². The third-order valence-electron chi connectivity index (χ3n) is 2.45. The van der Waals surface area contributed by atoms with Crippen LogP contribution in [-0.4, -0.2) is 18.4 Å². The van der Waals surface area contributed by atoms with E-state index in [9.17, 15) is 9.59 Å². The third-order valence-corrected chi connectivity index (χ3v) is 2.45. The van der Waals surface area contributed by atoms with Gasteiger partial charge >= 0.3 is 5.97 Å². The number of rotatable bonds is 4. The fourth-order valence-corrected chi connectivity index (χ4v) is 1.66. The molecule has 0 amide bonds. The Kier molecular flexibility index (Phi) is 3.46. The van der Waals surface area contributed by atoms with E-state index in [2.05, 4.69) is 6.92 Å². The summed E-state index contributed by atoms with van der Waals surface area (Å²) in [6.45, 7) is 4.22. The van der Waals surface area contributed by atoms with Crippen molar-refractivity contribution in [2.24, 2.45) is 11.8 Å². The molecule has 1 aliphatic rings. The van der Waals surface area contributed by atoms with Crippen LogP contribution < -0.4 is 0 Å². The highest BCUT2D eigenvalue weighted by Crippen LogP contribution is 2.34. The van der Waals surface area contributed by atoms with E-state index < -0.39 is 0 Å². The van der Waals surface area contributed by atoms with Crippen molar-refractivity contribution in [3.05, 3.63) is 0 Å². The first kappa shape index (κ1) is 10.2. The predicted octanol–water partition coefficient (Wildman–Crippen LogP) is 1.55. The van der Waals surface area contributed by atoms with Gasteiger partial charge in [-0.2, -0.15) is 0 Å². The minimum absolute atomic E-state index is 0.0365. The molecule has 0 aromatic heterocycles. The molecule has 1 aliphatic carbocycles. The Bertz CT molecular complexity index is 204. The SMILES string of the molecule is CCOC(=O)CC(=O)C1CC(C)C1. The highest BCUT2D eigenvalue weighted by molar-refractivity contribution is 5.97. The highest BCUT2D eigenvalue weighted by atomic mass is 16.5. The number of hydrogen-bond acceptors (Lipinski definition) is 3. The number of esters is 1. The summed E-state index contributed by atoms with van der Waals surface area (Å²) in [5.74, 6) is 0.444. The smallest absolute Gasteiger partial charge is 0.313 e. The minimum atomic E-state index is -0.382. The molecule has 74 valence electrons. The van der Waals surface area contributed by atoms with Crippen LogP contribution in [-0.2, 0) is 14.3 Å². The molecule has 0 N–H and O–H groups in total. The number of hydrogen-bond donors (Lipinski definition) is 0. The first-order valence-electron chi connectivity index (χ1n) is 4.81. The normalized spacial score (nSPS) is 26.3. The molecule has 0 aromatic carbocycles. The Hall–Kier alpha value is -0.860. The van der Waals surface area contributed by atoms with Crippen molar-refractivity contribution in [2.45, 2.75) is 33.1 Å². The lowest BCUT2D eigenvalue weighted by atomic mass is 9.73. The predicted molar refractivity (Wildman–Crippen MR) is 48.1 cm³/mol. The van der Waals surface area contributed by atoms with Crippen LogP contribution >= 0.6 is 0 Å². The van der Waals surface area contributed by atoms with Gasteiger partial charge in [0.1, 0.15) is 12.2 Å². The van der Waals surface area contributed by atoms with Crippen LogP contribution in [0.1, 0.15) is 33.1 Å². The van der Waals surface area contributed by atoms with Gasteiger partial charge in [-0.25, -0.2) is 0 Å². The van der Waals surface area contributed by atoms with Gasteiger partial charge in [0, 0.05) is 5.92 Å². The zero-order chi connectivity index (χ0) is 9.84. The maximum Gasteiger partial charge on any atom is 0.313 e.